The van der Waals surface area contributed by atoms with Crippen molar-refractivity contribution in [1.82, 2.24) is 20.6 Å². The molecule has 57 heavy (non-hydrogen) atoms. The zero-order chi connectivity index (χ0) is 40.6. The third-order valence-corrected chi connectivity index (χ3v) is 10.6. The summed E-state index contributed by atoms with van der Waals surface area (Å²) in [5.74, 6) is -0.999. The lowest BCUT2D eigenvalue weighted by Gasteiger charge is -2.09. The van der Waals surface area contributed by atoms with E-state index in [0.717, 1.165) is 67.3 Å². The minimum absolute atomic E-state index is 0.152. The fraction of sp³-hybridized carbons (Fsp3) is 0.234. The minimum Gasteiger partial charge on any atom is -0.461 e. The van der Waals surface area contributed by atoms with E-state index in [0.29, 0.717) is 41.8 Å². The van der Waals surface area contributed by atoms with E-state index >= 15 is 0 Å². The van der Waals surface area contributed by atoms with Crippen molar-refractivity contribution in [2.75, 3.05) is 0 Å². The van der Waals surface area contributed by atoms with Crippen molar-refractivity contribution in [1.29, 1.82) is 0 Å². The van der Waals surface area contributed by atoms with Crippen LogP contribution in [0.25, 0.3) is 12.2 Å². The molecular weight excluding hydrogens is 717 g/mol. The van der Waals surface area contributed by atoms with Crippen molar-refractivity contribution in [2.45, 2.75) is 73.0 Å². The van der Waals surface area contributed by atoms with Crippen LogP contribution in [0.2, 0.25) is 0 Å². The number of aromatic nitrogens is 2. The number of ether oxygens (including phenoxy) is 2. The monoisotopic (exact) mass is 764 g/mol. The summed E-state index contributed by atoms with van der Waals surface area (Å²) >= 11 is 0. The number of rotatable bonds is 16. The minimum atomic E-state index is -0.319. The molecule has 0 atom stereocenters. The van der Waals surface area contributed by atoms with Crippen molar-refractivity contribution in [2.24, 2.45) is 0 Å². The Hall–Kier alpha value is -6.68. The van der Waals surface area contributed by atoms with Gasteiger partial charge in [0.15, 0.2) is 0 Å². The van der Waals surface area contributed by atoms with Crippen molar-refractivity contribution >= 4 is 35.9 Å². The second-order valence-electron chi connectivity index (χ2n) is 14.2. The molecule has 2 aromatic carbocycles. The molecule has 10 heteroatoms. The van der Waals surface area contributed by atoms with Gasteiger partial charge < -0.3 is 30.1 Å². The molecule has 0 radical (unpaired) electrons. The van der Waals surface area contributed by atoms with Gasteiger partial charge in [-0.1, -0.05) is 86.0 Å². The molecule has 2 amide bonds. The second-order valence-corrected chi connectivity index (χ2v) is 14.2. The zero-order valence-electron chi connectivity index (χ0n) is 32.9. The Morgan fingerprint density at radius 1 is 0.614 bits per heavy atom. The van der Waals surface area contributed by atoms with Crippen LogP contribution in [-0.2, 0) is 61.1 Å². The maximum atomic E-state index is 13.1. The van der Waals surface area contributed by atoms with Gasteiger partial charge in [0.2, 0.25) is 0 Å². The first-order chi connectivity index (χ1) is 27.5. The van der Waals surface area contributed by atoms with E-state index in [4.69, 9.17) is 9.47 Å². The Bertz CT molecular complexity index is 2200. The molecule has 10 nitrogen and oxygen atoms in total. The van der Waals surface area contributed by atoms with E-state index in [1.807, 2.05) is 86.7 Å². The van der Waals surface area contributed by atoms with Gasteiger partial charge in [-0.05, 0) is 86.1 Å². The number of allylic oxidation sites excluding steroid dienone is 2. The van der Waals surface area contributed by atoms with Crippen LogP contribution in [0.3, 0.4) is 0 Å². The fourth-order valence-electron chi connectivity index (χ4n) is 7.22. The fourth-order valence-corrected chi connectivity index (χ4v) is 7.22. The van der Waals surface area contributed by atoms with E-state index in [2.05, 4.69) is 33.8 Å². The molecule has 6 rings (SSSR count). The molecule has 0 fully saturated rings. The van der Waals surface area contributed by atoms with Crippen LogP contribution in [0.15, 0.2) is 120 Å². The largest absolute Gasteiger partial charge is 0.461 e. The summed E-state index contributed by atoms with van der Waals surface area (Å²) in [6, 6.07) is 19.1. The van der Waals surface area contributed by atoms with Crippen molar-refractivity contribution in [3.05, 3.63) is 176 Å². The lowest BCUT2D eigenvalue weighted by Crippen LogP contribution is -2.15. The summed E-state index contributed by atoms with van der Waals surface area (Å²) < 4.78 is 11.3. The highest BCUT2D eigenvalue weighted by molar-refractivity contribution is 6.02. The first kappa shape index (κ1) is 40.0. The Labute approximate surface area is 333 Å². The summed E-state index contributed by atoms with van der Waals surface area (Å²) in [6.07, 6.45) is 8.64. The molecule has 2 aliphatic rings. The third kappa shape index (κ3) is 9.24. The SMILES string of the molecule is C=CC1=C(C)C(=O)N/C1=C\c1[nH]c(Cc2[nH]c(/C=C3\NC(=O)C(C)=C3C=C)c(C)c2CCC(=O)OCc2ccccc2)c(CCC(=O)OCc2ccccc2)c1C. The van der Waals surface area contributed by atoms with E-state index in [1.165, 1.54) is 0 Å². The molecule has 2 aromatic heterocycles. The van der Waals surface area contributed by atoms with Crippen molar-refractivity contribution < 1.29 is 28.7 Å². The van der Waals surface area contributed by atoms with Crippen LogP contribution in [0, 0.1) is 13.8 Å². The van der Waals surface area contributed by atoms with E-state index in [1.54, 1.807) is 26.0 Å². The smallest absolute Gasteiger partial charge is 0.306 e. The second kappa shape index (κ2) is 17.8. The number of carbonyl (C=O) groups is 4. The van der Waals surface area contributed by atoms with Gasteiger partial charge in [-0.15, -0.1) is 0 Å². The highest BCUT2D eigenvalue weighted by atomic mass is 16.5. The summed E-state index contributed by atoms with van der Waals surface area (Å²) in [5.41, 5.74) is 12.7. The van der Waals surface area contributed by atoms with Gasteiger partial charge in [-0.2, -0.15) is 0 Å². The number of aromatic amines is 2. The van der Waals surface area contributed by atoms with Crippen molar-refractivity contribution in [3.63, 3.8) is 0 Å². The van der Waals surface area contributed by atoms with Crippen LogP contribution in [0.1, 0.15) is 82.8 Å². The Morgan fingerprint density at radius 2 is 1.00 bits per heavy atom. The van der Waals surface area contributed by atoms with Gasteiger partial charge in [0.05, 0.1) is 11.4 Å². The number of nitrogens with one attached hydrogen (secondary N) is 4. The molecule has 0 spiro atoms. The predicted molar refractivity (Wildman–Crippen MR) is 221 cm³/mol. The summed E-state index contributed by atoms with van der Waals surface area (Å²) in [7, 11) is 0. The highest BCUT2D eigenvalue weighted by Gasteiger charge is 2.26. The number of H-pyrrole nitrogens is 2. The maximum absolute atomic E-state index is 13.1. The summed E-state index contributed by atoms with van der Waals surface area (Å²) in [5, 5.41) is 5.89. The molecule has 4 heterocycles. The van der Waals surface area contributed by atoms with Gasteiger partial charge in [0.25, 0.3) is 11.8 Å². The van der Waals surface area contributed by atoms with E-state index < -0.39 is 0 Å². The number of amides is 2. The molecule has 0 saturated carbocycles. The predicted octanol–water partition coefficient (Wildman–Crippen LogP) is 7.85. The third-order valence-electron chi connectivity index (χ3n) is 10.6. The van der Waals surface area contributed by atoms with Gasteiger partial charge in [-0.3, -0.25) is 19.2 Å². The lowest BCUT2D eigenvalue weighted by atomic mass is 9.98. The number of hydrogen-bond acceptors (Lipinski definition) is 6. The number of hydrogen-bond donors (Lipinski definition) is 4. The van der Waals surface area contributed by atoms with Crippen LogP contribution < -0.4 is 10.6 Å². The molecule has 4 N–H and O–H groups in total. The number of carbonyl (C=O) groups excluding carboxylic acids is 4. The van der Waals surface area contributed by atoms with Crippen LogP contribution in [-0.4, -0.2) is 33.7 Å². The van der Waals surface area contributed by atoms with Gasteiger partial charge >= 0.3 is 11.9 Å². The molecular formula is C47H48N4O6. The lowest BCUT2D eigenvalue weighted by molar-refractivity contribution is -0.145. The quantitative estimate of drug-likeness (QED) is 0.0857. The van der Waals surface area contributed by atoms with Crippen LogP contribution in [0.4, 0.5) is 0 Å². The molecule has 0 saturated heterocycles. The number of benzene rings is 2. The van der Waals surface area contributed by atoms with E-state index in [-0.39, 0.29) is 49.8 Å². The zero-order valence-corrected chi connectivity index (χ0v) is 32.9. The Morgan fingerprint density at radius 3 is 1.37 bits per heavy atom. The molecule has 4 aromatic rings. The van der Waals surface area contributed by atoms with Gasteiger partial charge in [0.1, 0.15) is 13.2 Å². The standard InChI is InChI=1S/C47H48N4O6/c1-7-34-30(5)46(54)50-40(34)23-38-28(3)36(19-21-44(52)56-26-32-15-11-9-12-16-32)42(48-38)25-43-37(20-22-45(53)57-27-33-17-13-10-14-18-33)29(4)39(49-43)24-41-35(8-2)31(6)47(55)51-41/h7-18,23-24,48-49H,1-2,19-22,25-27H2,3-6H3,(H,50,54)(H,51,55)/b40-23-,41-24-. The molecule has 292 valence electrons. The van der Waals surface area contributed by atoms with Crippen LogP contribution in [0.5, 0.6) is 0 Å². The van der Waals surface area contributed by atoms with E-state index in [9.17, 15) is 19.2 Å². The first-order valence-electron chi connectivity index (χ1n) is 19.0. The maximum Gasteiger partial charge on any atom is 0.306 e. The molecule has 0 bridgehead atoms. The average Bonchev–Trinajstić information content (AvgIpc) is 3.86. The average molecular weight is 765 g/mol. The Kier molecular flexibility index (Phi) is 12.5. The summed E-state index contributed by atoms with van der Waals surface area (Å²) in [4.78, 5) is 58.5. The molecule has 2 aliphatic heterocycles. The van der Waals surface area contributed by atoms with Crippen molar-refractivity contribution in [3.8, 4) is 0 Å². The van der Waals surface area contributed by atoms with Gasteiger partial charge in [-0.25, -0.2) is 0 Å². The summed E-state index contributed by atoms with van der Waals surface area (Å²) in [6.45, 7) is 15.7. The highest BCUT2D eigenvalue weighted by Crippen LogP contribution is 2.32. The first-order valence-corrected chi connectivity index (χ1v) is 19.0. The molecule has 0 unspecified atom stereocenters. The Balaban J connectivity index is 1.34. The number of esters is 2. The van der Waals surface area contributed by atoms with Crippen LogP contribution >= 0.6 is 0 Å². The topological polar surface area (TPSA) is 142 Å². The normalized spacial score (nSPS) is 15.4. The van der Waals surface area contributed by atoms with Gasteiger partial charge in [0, 0.05) is 64.3 Å². The molecule has 0 aliphatic carbocycles.